The molecule has 0 fully saturated rings. The lowest BCUT2D eigenvalue weighted by Crippen LogP contribution is -2.26. The number of halogens is 3. The average Bonchev–Trinajstić information content (AvgIpc) is 2.82. The van der Waals surface area contributed by atoms with Crippen LogP contribution in [-0.4, -0.2) is 47.3 Å². The number of nitrogens with zero attached hydrogens (tertiary/aromatic N) is 4. The van der Waals surface area contributed by atoms with E-state index in [2.05, 4.69) is 25.1 Å². The molecule has 0 radical (unpaired) electrons. The van der Waals surface area contributed by atoms with Gasteiger partial charge in [-0.1, -0.05) is 0 Å². The van der Waals surface area contributed by atoms with E-state index >= 15 is 0 Å². The maximum atomic E-state index is 12.6. The molecule has 0 atom stereocenters. The first-order chi connectivity index (χ1) is 10.1. The van der Waals surface area contributed by atoms with Crippen molar-refractivity contribution in [2.75, 3.05) is 24.7 Å². The Kier molecular flexibility index (Phi) is 4.24. The lowest BCUT2D eigenvalue weighted by atomic mass is 10.4. The number of aromatic nitrogens is 4. The normalized spacial score (nSPS) is 12.8. The van der Waals surface area contributed by atoms with Crippen LogP contribution in [0.1, 0.15) is 11.5 Å². The molecule has 0 amide bonds. The van der Waals surface area contributed by atoms with Crippen LogP contribution in [0, 0.1) is 6.92 Å². The van der Waals surface area contributed by atoms with Crippen molar-refractivity contribution in [2.24, 2.45) is 0 Å². The maximum absolute atomic E-state index is 12.6. The largest absolute Gasteiger partial charge is 0.453 e. The minimum absolute atomic E-state index is 0.0110. The standard InChI is InChI=1S/C10H13F3N6O2S/c1-6-5-7(15-3-4-22(20,21)14-2)19-9(16-6)17-8(18-19)10(11,12)13/h5,14-15H,3-4H2,1-2H3. The Morgan fingerprint density at radius 1 is 1.32 bits per heavy atom. The Balaban J connectivity index is 2.31. The zero-order chi connectivity index (χ0) is 16.5. The minimum atomic E-state index is -4.69. The van der Waals surface area contributed by atoms with Crippen molar-refractivity contribution in [3.63, 3.8) is 0 Å². The Morgan fingerprint density at radius 3 is 2.59 bits per heavy atom. The molecule has 2 aromatic rings. The predicted octanol–water partition coefficient (Wildman–Crippen LogP) is 0.413. The van der Waals surface area contributed by atoms with Crippen molar-refractivity contribution in [1.29, 1.82) is 0 Å². The molecule has 122 valence electrons. The van der Waals surface area contributed by atoms with Crippen LogP contribution in [0.25, 0.3) is 5.78 Å². The number of fused-ring (bicyclic) bond motifs is 1. The zero-order valence-electron chi connectivity index (χ0n) is 11.6. The smallest absolute Gasteiger partial charge is 0.369 e. The van der Waals surface area contributed by atoms with Gasteiger partial charge in [0.25, 0.3) is 11.6 Å². The molecule has 0 unspecified atom stereocenters. The van der Waals surface area contributed by atoms with Gasteiger partial charge in [0, 0.05) is 18.3 Å². The van der Waals surface area contributed by atoms with Gasteiger partial charge in [-0.3, -0.25) is 0 Å². The van der Waals surface area contributed by atoms with Crippen LogP contribution in [0.15, 0.2) is 6.07 Å². The van der Waals surface area contributed by atoms with E-state index in [0.717, 1.165) is 4.52 Å². The van der Waals surface area contributed by atoms with Gasteiger partial charge < -0.3 is 5.32 Å². The summed E-state index contributed by atoms with van der Waals surface area (Å²) in [4.78, 5) is 7.19. The van der Waals surface area contributed by atoms with Gasteiger partial charge in [0.05, 0.1) is 5.75 Å². The molecular weight excluding hydrogens is 325 g/mol. The molecule has 0 saturated heterocycles. The molecule has 0 aliphatic heterocycles. The number of rotatable bonds is 5. The van der Waals surface area contributed by atoms with E-state index in [1.165, 1.54) is 13.1 Å². The van der Waals surface area contributed by atoms with Gasteiger partial charge in [-0.15, -0.1) is 5.10 Å². The predicted molar refractivity (Wildman–Crippen MR) is 71.9 cm³/mol. The highest BCUT2D eigenvalue weighted by molar-refractivity contribution is 7.89. The Labute approximate surface area is 123 Å². The van der Waals surface area contributed by atoms with E-state index in [1.54, 1.807) is 6.92 Å². The first-order valence-corrected chi connectivity index (χ1v) is 7.74. The van der Waals surface area contributed by atoms with Crippen molar-refractivity contribution >= 4 is 21.6 Å². The van der Waals surface area contributed by atoms with Gasteiger partial charge in [-0.2, -0.15) is 22.7 Å². The Bertz CT molecular complexity index is 786. The summed E-state index contributed by atoms with van der Waals surface area (Å²) in [6.45, 7) is 1.57. The molecule has 0 aromatic carbocycles. The van der Waals surface area contributed by atoms with E-state index in [0.29, 0.717) is 5.69 Å². The summed E-state index contributed by atoms with van der Waals surface area (Å²) in [7, 11) is -2.15. The number of hydrogen-bond donors (Lipinski definition) is 2. The van der Waals surface area contributed by atoms with Crippen molar-refractivity contribution < 1.29 is 21.6 Å². The lowest BCUT2D eigenvalue weighted by Gasteiger charge is -2.08. The molecule has 22 heavy (non-hydrogen) atoms. The highest BCUT2D eigenvalue weighted by Crippen LogP contribution is 2.27. The zero-order valence-corrected chi connectivity index (χ0v) is 12.5. The van der Waals surface area contributed by atoms with Crippen molar-refractivity contribution in [3.8, 4) is 0 Å². The van der Waals surface area contributed by atoms with Gasteiger partial charge in [0.2, 0.25) is 10.0 Å². The second-order valence-corrected chi connectivity index (χ2v) is 6.42. The van der Waals surface area contributed by atoms with Gasteiger partial charge in [-0.25, -0.2) is 18.1 Å². The van der Waals surface area contributed by atoms with Crippen molar-refractivity contribution in [2.45, 2.75) is 13.1 Å². The van der Waals surface area contributed by atoms with E-state index < -0.39 is 22.0 Å². The number of sulfonamides is 1. The molecule has 2 N–H and O–H groups in total. The van der Waals surface area contributed by atoms with E-state index in [9.17, 15) is 21.6 Å². The molecule has 2 heterocycles. The SMILES string of the molecule is CNS(=O)(=O)CCNc1cc(C)nc2nc(C(F)(F)F)nn12. The summed E-state index contributed by atoms with van der Waals surface area (Å²) >= 11 is 0. The summed E-state index contributed by atoms with van der Waals surface area (Å²) in [5, 5.41) is 6.07. The van der Waals surface area contributed by atoms with E-state index in [-0.39, 0.29) is 23.9 Å². The minimum Gasteiger partial charge on any atom is -0.369 e. The molecule has 12 heteroatoms. The molecule has 0 bridgehead atoms. The molecule has 0 saturated carbocycles. The number of alkyl halides is 3. The van der Waals surface area contributed by atoms with Crippen LogP contribution < -0.4 is 10.0 Å². The summed E-state index contributed by atoms with van der Waals surface area (Å²) in [5.41, 5.74) is 0.424. The first-order valence-electron chi connectivity index (χ1n) is 6.09. The van der Waals surface area contributed by atoms with Crippen molar-refractivity contribution in [1.82, 2.24) is 24.3 Å². The second kappa shape index (κ2) is 5.68. The number of anilines is 1. The van der Waals surface area contributed by atoms with Crippen LogP contribution in [0.4, 0.5) is 19.0 Å². The number of nitrogens with one attached hydrogen (secondary N) is 2. The summed E-state index contributed by atoms with van der Waals surface area (Å²) in [5.74, 6) is -1.59. The Morgan fingerprint density at radius 2 is 2.00 bits per heavy atom. The maximum Gasteiger partial charge on any atom is 0.453 e. The third-order valence-corrected chi connectivity index (χ3v) is 4.05. The van der Waals surface area contributed by atoms with Gasteiger partial charge in [-0.05, 0) is 14.0 Å². The molecule has 8 nitrogen and oxygen atoms in total. The van der Waals surface area contributed by atoms with Crippen LogP contribution in [0.5, 0.6) is 0 Å². The first kappa shape index (κ1) is 16.4. The highest BCUT2D eigenvalue weighted by Gasteiger charge is 2.36. The summed E-state index contributed by atoms with van der Waals surface area (Å²) in [6.07, 6.45) is -4.69. The second-order valence-electron chi connectivity index (χ2n) is 4.38. The topological polar surface area (TPSA) is 101 Å². The molecule has 0 spiro atoms. The molecular formula is C10H13F3N6O2S. The molecule has 0 aliphatic rings. The van der Waals surface area contributed by atoms with E-state index in [1.807, 2.05) is 0 Å². The molecule has 2 rings (SSSR count). The van der Waals surface area contributed by atoms with Crippen LogP contribution in [0.3, 0.4) is 0 Å². The van der Waals surface area contributed by atoms with Gasteiger partial charge in [0.15, 0.2) is 0 Å². The van der Waals surface area contributed by atoms with Crippen LogP contribution in [-0.2, 0) is 16.2 Å². The third kappa shape index (κ3) is 3.62. The van der Waals surface area contributed by atoms with Crippen LogP contribution in [0.2, 0.25) is 0 Å². The quantitative estimate of drug-likeness (QED) is 0.819. The van der Waals surface area contributed by atoms with Gasteiger partial charge in [0.1, 0.15) is 5.82 Å². The number of aryl methyl sites for hydroxylation is 1. The van der Waals surface area contributed by atoms with Crippen molar-refractivity contribution in [3.05, 3.63) is 17.6 Å². The fraction of sp³-hybridized carbons (Fsp3) is 0.500. The monoisotopic (exact) mass is 338 g/mol. The van der Waals surface area contributed by atoms with Crippen LogP contribution >= 0.6 is 0 Å². The molecule has 2 aromatic heterocycles. The fourth-order valence-corrected chi connectivity index (χ4v) is 2.22. The summed E-state index contributed by atoms with van der Waals surface area (Å²) < 4.78 is 63.6. The van der Waals surface area contributed by atoms with Gasteiger partial charge >= 0.3 is 6.18 Å². The lowest BCUT2D eigenvalue weighted by molar-refractivity contribution is -0.144. The average molecular weight is 338 g/mol. The molecule has 0 aliphatic carbocycles. The Hall–Kier alpha value is -1.95. The third-order valence-electron chi connectivity index (χ3n) is 2.68. The fourth-order valence-electron chi connectivity index (χ4n) is 1.65. The highest BCUT2D eigenvalue weighted by atomic mass is 32.2. The van der Waals surface area contributed by atoms with E-state index in [4.69, 9.17) is 0 Å². The number of hydrogen-bond acceptors (Lipinski definition) is 6. The summed E-state index contributed by atoms with van der Waals surface area (Å²) in [6, 6.07) is 1.45.